The van der Waals surface area contributed by atoms with Crippen LogP contribution in [0, 0.1) is 6.92 Å². The van der Waals surface area contributed by atoms with E-state index in [1.807, 2.05) is 0 Å². The molecule has 1 aliphatic carbocycles. The lowest BCUT2D eigenvalue weighted by Gasteiger charge is -2.02. The Hall–Kier alpha value is -3.03. The van der Waals surface area contributed by atoms with Crippen LogP contribution < -0.4 is 5.32 Å². The van der Waals surface area contributed by atoms with E-state index in [-0.39, 0.29) is 5.91 Å². The van der Waals surface area contributed by atoms with Crippen LogP contribution in [0.15, 0.2) is 35.4 Å². The number of aryl methyl sites for hydroxylation is 1. The molecule has 1 aliphatic rings. The highest BCUT2D eigenvalue weighted by molar-refractivity contribution is 5.92. The first-order chi connectivity index (χ1) is 11.2. The number of hydrogen-bond acceptors (Lipinski definition) is 6. The predicted octanol–water partition coefficient (Wildman–Crippen LogP) is 1.52. The van der Waals surface area contributed by atoms with Crippen LogP contribution in [-0.4, -0.2) is 36.6 Å². The number of carbonyl (C=O) groups is 1. The second kappa shape index (κ2) is 5.31. The maximum atomic E-state index is 12.0. The Morgan fingerprint density at radius 3 is 3.00 bits per heavy atom. The van der Waals surface area contributed by atoms with Crippen LogP contribution in [0.1, 0.15) is 29.2 Å². The van der Waals surface area contributed by atoms with Crippen LogP contribution in [0.4, 0.5) is 0 Å². The standard InChI is InChI=1S/C15H14N6O2/c1-9-18-15(23-20-9)10-4-5-16-13(6-10)21-7-12(17-8-21)14(22)19-11-2-3-11/h4-8,11H,2-3H2,1H3,(H,19,22). The lowest BCUT2D eigenvalue weighted by atomic mass is 10.2. The van der Waals surface area contributed by atoms with E-state index in [0.29, 0.717) is 29.3 Å². The predicted molar refractivity (Wildman–Crippen MR) is 79.9 cm³/mol. The van der Waals surface area contributed by atoms with E-state index in [2.05, 4.69) is 25.4 Å². The van der Waals surface area contributed by atoms with Gasteiger partial charge in [-0.2, -0.15) is 4.98 Å². The molecule has 8 heteroatoms. The second-order valence-electron chi connectivity index (χ2n) is 5.46. The van der Waals surface area contributed by atoms with Gasteiger partial charge in [-0.15, -0.1) is 0 Å². The van der Waals surface area contributed by atoms with E-state index in [1.54, 1.807) is 42.3 Å². The number of nitrogens with zero attached hydrogens (tertiary/aromatic N) is 5. The van der Waals surface area contributed by atoms with E-state index < -0.39 is 0 Å². The molecule has 0 atom stereocenters. The van der Waals surface area contributed by atoms with Crippen molar-refractivity contribution in [2.24, 2.45) is 0 Å². The molecule has 0 aromatic carbocycles. The molecule has 0 aliphatic heterocycles. The Kier molecular flexibility index (Phi) is 3.14. The van der Waals surface area contributed by atoms with Crippen LogP contribution in [0.3, 0.4) is 0 Å². The van der Waals surface area contributed by atoms with Gasteiger partial charge in [-0.25, -0.2) is 9.97 Å². The van der Waals surface area contributed by atoms with Crippen molar-refractivity contribution in [2.45, 2.75) is 25.8 Å². The Morgan fingerprint density at radius 2 is 2.26 bits per heavy atom. The van der Waals surface area contributed by atoms with Crippen molar-refractivity contribution in [3.8, 4) is 17.3 Å². The van der Waals surface area contributed by atoms with Crippen molar-refractivity contribution in [3.05, 3.63) is 42.4 Å². The SMILES string of the molecule is Cc1noc(-c2ccnc(-n3cnc(C(=O)NC4CC4)c3)c2)n1. The lowest BCUT2D eigenvalue weighted by molar-refractivity contribution is 0.0946. The molecular weight excluding hydrogens is 296 g/mol. The van der Waals surface area contributed by atoms with Crippen LogP contribution in [-0.2, 0) is 0 Å². The molecule has 8 nitrogen and oxygen atoms in total. The molecule has 3 heterocycles. The van der Waals surface area contributed by atoms with Crippen LogP contribution in [0.25, 0.3) is 17.3 Å². The highest BCUT2D eigenvalue weighted by Gasteiger charge is 2.24. The maximum absolute atomic E-state index is 12.0. The molecule has 1 N–H and O–H groups in total. The van der Waals surface area contributed by atoms with E-state index in [0.717, 1.165) is 18.4 Å². The van der Waals surface area contributed by atoms with Gasteiger partial charge in [-0.3, -0.25) is 9.36 Å². The summed E-state index contributed by atoms with van der Waals surface area (Å²) in [6.45, 7) is 1.76. The molecule has 0 saturated heterocycles. The van der Waals surface area contributed by atoms with E-state index >= 15 is 0 Å². The van der Waals surface area contributed by atoms with E-state index in [1.165, 1.54) is 0 Å². The first-order valence-electron chi connectivity index (χ1n) is 7.31. The molecule has 0 unspecified atom stereocenters. The average Bonchev–Trinajstić information content (AvgIpc) is 3.06. The van der Waals surface area contributed by atoms with Crippen molar-refractivity contribution in [1.29, 1.82) is 0 Å². The van der Waals surface area contributed by atoms with Crippen molar-refractivity contribution in [1.82, 2.24) is 30.0 Å². The first-order valence-corrected chi connectivity index (χ1v) is 7.31. The van der Waals surface area contributed by atoms with E-state index in [9.17, 15) is 4.79 Å². The Morgan fingerprint density at radius 1 is 1.39 bits per heavy atom. The van der Waals surface area contributed by atoms with Crippen LogP contribution in [0.5, 0.6) is 0 Å². The molecule has 0 spiro atoms. The van der Waals surface area contributed by atoms with Gasteiger partial charge >= 0.3 is 0 Å². The van der Waals surface area contributed by atoms with Crippen molar-refractivity contribution < 1.29 is 9.32 Å². The molecule has 23 heavy (non-hydrogen) atoms. The number of carbonyl (C=O) groups excluding carboxylic acids is 1. The molecule has 3 aromatic rings. The largest absolute Gasteiger partial charge is 0.348 e. The van der Waals surface area contributed by atoms with Gasteiger partial charge in [0.2, 0.25) is 0 Å². The summed E-state index contributed by atoms with van der Waals surface area (Å²) < 4.78 is 6.85. The minimum absolute atomic E-state index is 0.157. The normalized spacial score (nSPS) is 14.0. The zero-order valence-corrected chi connectivity index (χ0v) is 12.4. The molecule has 1 amide bonds. The van der Waals surface area contributed by atoms with Gasteiger partial charge in [0.15, 0.2) is 5.82 Å². The Bertz CT molecular complexity index is 864. The topological polar surface area (TPSA) is 98.7 Å². The molecule has 4 rings (SSSR count). The number of aromatic nitrogens is 5. The summed E-state index contributed by atoms with van der Waals surface area (Å²) in [5.41, 5.74) is 1.13. The number of rotatable bonds is 4. The summed E-state index contributed by atoms with van der Waals surface area (Å²) >= 11 is 0. The van der Waals surface area contributed by atoms with Gasteiger partial charge in [-0.05, 0) is 31.9 Å². The minimum Gasteiger partial charge on any atom is -0.348 e. The third-order valence-corrected chi connectivity index (χ3v) is 3.51. The van der Waals surface area contributed by atoms with Crippen LogP contribution >= 0.6 is 0 Å². The summed E-state index contributed by atoms with van der Waals surface area (Å²) in [4.78, 5) is 24.6. The average molecular weight is 310 g/mol. The van der Waals surface area contributed by atoms with Gasteiger partial charge in [-0.1, -0.05) is 5.16 Å². The summed E-state index contributed by atoms with van der Waals surface area (Å²) in [5, 5.41) is 6.68. The van der Waals surface area contributed by atoms with Crippen molar-refractivity contribution in [3.63, 3.8) is 0 Å². The van der Waals surface area contributed by atoms with Crippen LogP contribution in [0.2, 0.25) is 0 Å². The number of nitrogens with one attached hydrogen (secondary N) is 1. The third-order valence-electron chi connectivity index (χ3n) is 3.51. The highest BCUT2D eigenvalue weighted by atomic mass is 16.5. The summed E-state index contributed by atoms with van der Waals surface area (Å²) in [6, 6.07) is 3.89. The molecule has 0 bridgehead atoms. The molecular formula is C15H14N6O2. The highest BCUT2D eigenvalue weighted by Crippen LogP contribution is 2.20. The Balaban J connectivity index is 1.60. The second-order valence-corrected chi connectivity index (χ2v) is 5.46. The number of imidazole rings is 1. The number of pyridine rings is 1. The molecule has 1 fully saturated rings. The molecule has 1 saturated carbocycles. The first kappa shape index (κ1) is 13.6. The smallest absolute Gasteiger partial charge is 0.271 e. The van der Waals surface area contributed by atoms with Gasteiger partial charge in [0.25, 0.3) is 11.8 Å². The van der Waals surface area contributed by atoms with Gasteiger partial charge < -0.3 is 9.84 Å². The zero-order chi connectivity index (χ0) is 15.8. The summed E-state index contributed by atoms with van der Waals surface area (Å²) in [6.07, 6.45) is 6.95. The van der Waals surface area contributed by atoms with Gasteiger partial charge in [0, 0.05) is 24.0 Å². The van der Waals surface area contributed by atoms with Crippen molar-refractivity contribution in [2.75, 3.05) is 0 Å². The van der Waals surface area contributed by atoms with Crippen molar-refractivity contribution >= 4 is 5.91 Å². The zero-order valence-electron chi connectivity index (χ0n) is 12.4. The molecule has 3 aromatic heterocycles. The molecule has 116 valence electrons. The lowest BCUT2D eigenvalue weighted by Crippen LogP contribution is -2.25. The monoisotopic (exact) mass is 310 g/mol. The van der Waals surface area contributed by atoms with Gasteiger partial charge in [0.05, 0.1) is 0 Å². The minimum atomic E-state index is -0.157. The van der Waals surface area contributed by atoms with Gasteiger partial charge in [0.1, 0.15) is 17.8 Å². The fourth-order valence-corrected chi connectivity index (χ4v) is 2.16. The summed E-state index contributed by atoms with van der Waals surface area (Å²) in [7, 11) is 0. The fraction of sp³-hybridized carbons (Fsp3) is 0.267. The maximum Gasteiger partial charge on any atom is 0.271 e. The van der Waals surface area contributed by atoms with E-state index in [4.69, 9.17) is 4.52 Å². The number of amides is 1. The number of hydrogen-bond donors (Lipinski definition) is 1. The summed E-state index contributed by atoms with van der Waals surface area (Å²) in [5.74, 6) is 1.46. The third kappa shape index (κ3) is 2.83. The Labute approximate surface area is 131 Å². The molecule has 0 radical (unpaired) electrons. The fourth-order valence-electron chi connectivity index (χ4n) is 2.16. The quantitative estimate of drug-likeness (QED) is 0.784.